The molecule has 4 atom stereocenters. The number of rotatable bonds is 11. The summed E-state index contributed by atoms with van der Waals surface area (Å²) in [6.45, 7) is 1.87. The van der Waals surface area contributed by atoms with Crippen LogP contribution in [0.3, 0.4) is 0 Å². The van der Waals surface area contributed by atoms with Gasteiger partial charge in [-0.3, -0.25) is 24.0 Å². The summed E-state index contributed by atoms with van der Waals surface area (Å²) in [4.78, 5) is 56.9. The fourth-order valence-corrected chi connectivity index (χ4v) is 1.77. The maximum atomic E-state index is 12.1. The number of aliphatic hydroxyl groups excluding tert-OH is 1. The molecule has 12 heteroatoms. The Morgan fingerprint density at radius 3 is 2.04 bits per heavy atom. The molecule has 0 spiro atoms. The van der Waals surface area contributed by atoms with Gasteiger partial charge < -0.3 is 37.6 Å². The smallest absolute Gasteiger partial charge is 0.322 e. The lowest BCUT2D eigenvalue weighted by atomic mass is 10.1. The van der Waals surface area contributed by atoms with Gasteiger partial charge in [-0.05, 0) is 20.3 Å². The second kappa shape index (κ2) is 11.0. The molecule has 0 fully saturated rings. The van der Waals surface area contributed by atoms with Crippen LogP contribution in [0.4, 0.5) is 0 Å². The zero-order valence-corrected chi connectivity index (χ0v) is 14.5. The molecule has 26 heavy (non-hydrogen) atoms. The predicted molar refractivity (Wildman–Crippen MR) is 88.3 cm³/mol. The highest BCUT2D eigenvalue weighted by Gasteiger charge is 2.28. The zero-order valence-electron chi connectivity index (χ0n) is 14.5. The SMILES string of the molecule is CC(NC(=O)C(N)CCC(N)=O)C(=O)NC(C(=O)NCC(=O)O)C(C)O. The van der Waals surface area contributed by atoms with Crippen molar-refractivity contribution in [2.24, 2.45) is 11.5 Å². The van der Waals surface area contributed by atoms with Crippen molar-refractivity contribution < 1.29 is 34.2 Å². The molecule has 12 nitrogen and oxygen atoms in total. The molecule has 0 saturated heterocycles. The normalized spacial score (nSPS) is 15.1. The van der Waals surface area contributed by atoms with E-state index >= 15 is 0 Å². The molecular formula is C14H25N5O7. The van der Waals surface area contributed by atoms with Gasteiger partial charge in [-0.2, -0.15) is 0 Å². The van der Waals surface area contributed by atoms with E-state index in [9.17, 15) is 29.1 Å². The Labute approximate surface area is 149 Å². The van der Waals surface area contributed by atoms with Crippen molar-refractivity contribution in [1.82, 2.24) is 16.0 Å². The fraction of sp³-hybridized carbons (Fsp3) is 0.643. The number of carboxylic acid groups (broad SMARTS) is 1. The maximum Gasteiger partial charge on any atom is 0.322 e. The lowest BCUT2D eigenvalue weighted by molar-refractivity contribution is -0.139. The van der Waals surface area contributed by atoms with E-state index in [4.69, 9.17) is 16.6 Å². The highest BCUT2D eigenvalue weighted by molar-refractivity contribution is 5.93. The van der Waals surface area contributed by atoms with Gasteiger partial charge in [0.05, 0.1) is 12.1 Å². The minimum atomic E-state index is -1.41. The number of carbonyl (C=O) groups is 5. The average Bonchev–Trinajstić information content (AvgIpc) is 2.54. The Morgan fingerprint density at radius 2 is 1.58 bits per heavy atom. The summed E-state index contributed by atoms with van der Waals surface area (Å²) in [5, 5.41) is 24.7. The van der Waals surface area contributed by atoms with Crippen molar-refractivity contribution in [3.63, 3.8) is 0 Å². The first kappa shape index (κ1) is 23.3. The van der Waals surface area contributed by atoms with Gasteiger partial charge in [0.2, 0.25) is 23.6 Å². The molecule has 148 valence electrons. The summed E-state index contributed by atoms with van der Waals surface area (Å²) in [5.41, 5.74) is 10.5. The van der Waals surface area contributed by atoms with Crippen LogP contribution in [-0.4, -0.2) is 70.6 Å². The molecule has 4 unspecified atom stereocenters. The minimum absolute atomic E-state index is 0.00337. The van der Waals surface area contributed by atoms with Gasteiger partial charge in [0, 0.05) is 6.42 Å². The summed E-state index contributed by atoms with van der Waals surface area (Å²) < 4.78 is 0. The average molecular weight is 375 g/mol. The summed E-state index contributed by atoms with van der Waals surface area (Å²) in [6.07, 6.45) is -1.40. The summed E-state index contributed by atoms with van der Waals surface area (Å²) >= 11 is 0. The number of carbonyl (C=O) groups excluding carboxylic acids is 4. The van der Waals surface area contributed by atoms with Crippen LogP contribution in [0.25, 0.3) is 0 Å². The maximum absolute atomic E-state index is 12.1. The number of aliphatic carboxylic acids is 1. The van der Waals surface area contributed by atoms with Crippen LogP contribution in [0, 0.1) is 0 Å². The monoisotopic (exact) mass is 375 g/mol. The lowest BCUT2D eigenvalue weighted by Gasteiger charge is -2.23. The Kier molecular flexibility index (Phi) is 9.84. The summed E-state index contributed by atoms with van der Waals surface area (Å²) in [7, 11) is 0. The van der Waals surface area contributed by atoms with E-state index in [0.29, 0.717) is 0 Å². The number of aliphatic hydroxyl groups is 1. The first-order valence-corrected chi connectivity index (χ1v) is 7.77. The third-order valence-electron chi connectivity index (χ3n) is 3.27. The molecule has 0 aromatic heterocycles. The van der Waals surface area contributed by atoms with E-state index in [1.54, 1.807) is 0 Å². The van der Waals surface area contributed by atoms with Gasteiger partial charge in [0.25, 0.3) is 0 Å². The molecule has 0 saturated carbocycles. The molecule has 0 rings (SSSR count). The lowest BCUT2D eigenvalue weighted by Crippen LogP contribution is -2.58. The van der Waals surface area contributed by atoms with Gasteiger partial charge in [0.15, 0.2) is 0 Å². The molecule has 0 aromatic rings. The van der Waals surface area contributed by atoms with Crippen LogP contribution in [-0.2, 0) is 24.0 Å². The van der Waals surface area contributed by atoms with Crippen LogP contribution >= 0.6 is 0 Å². The topological polar surface area (TPSA) is 214 Å². The molecular weight excluding hydrogens is 350 g/mol. The van der Waals surface area contributed by atoms with Gasteiger partial charge >= 0.3 is 5.97 Å². The van der Waals surface area contributed by atoms with Crippen LogP contribution in [0.1, 0.15) is 26.7 Å². The van der Waals surface area contributed by atoms with E-state index < -0.39 is 60.4 Å². The molecule has 0 aliphatic rings. The number of amides is 4. The number of carboxylic acids is 1. The van der Waals surface area contributed by atoms with Crippen LogP contribution < -0.4 is 27.4 Å². The second-order valence-corrected chi connectivity index (χ2v) is 5.68. The van der Waals surface area contributed by atoms with Crippen molar-refractivity contribution in [2.45, 2.75) is 50.9 Å². The highest BCUT2D eigenvalue weighted by Crippen LogP contribution is 1.98. The van der Waals surface area contributed by atoms with E-state index in [0.717, 1.165) is 0 Å². The van der Waals surface area contributed by atoms with E-state index in [-0.39, 0.29) is 12.8 Å². The third-order valence-corrected chi connectivity index (χ3v) is 3.27. The van der Waals surface area contributed by atoms with Gasteiger partial charge in [-0.25, -0.2) is 0 Å². The van der Waals surface area contributed by atoms with Gasteiger partial charge in [-0.15, -0.1) is 0 Å². The molecule has 0 aliphatic heterocycles. The second-order valence-electron chi connectivity index (χ2n) is 5.68. The highest BCUT2D eigenvalue weighted by atomic mass is 16.4. The molecule has 0 aromatic carbocycles. The quantitative estimate of drug-likeness (QED) is 0.189. The first-order chi connectivity index (χ1) is 12.0. The van der Waals surface area contributed by atoms with Crippen LogP contribution in [0.2, 0.25) is 0 Å². The molecule has 0 bridgehead atoms. The van der Waals surface area contributed by atoms with Crippen molar-refractivity contribution in [3.8, 4) is 0 Å². The zero-order chi connectivity index (χ0) is 20.4. The van der Waals surface area contributed by atoms with Gasteiger partial charge in [-0.1, -0.05) is 0 Å². The van der Waals surface area contributed by atoms with E-state index in [2.05, 4.69) is 10.6 Å². The third kappa shape index (κ3) is 8.94. The number of nitrogens with two attached hydrogens (primary N) is 2. The molecule has 4 amide bonds. The molecule has 0 heterocycles. The number of hydrogen-bond acceptors (Lipinski definition) is 7. The number of hydrogen-bond donors (Lipinski definition) is 7. The van der Waals surface area contributed by atoms with Gasteiger partial charge in [0.1, 0.15) is 18.6 Å². The standard InChI is InChI=1S/C14H25N5O7/c1-6(18-13(25)8(15)3-4-9(16)21)12(24)19-11(7(2)20)14(26)17-5-10(22)23/h6-8,11,20H,3-5,15H2,1-2H3,(H2,16,21)(H,17,26)(H,18,25)(H,19,24)(H,22,23). The van der Waals surface area contributed by atoms with Crippen molar-refractivity contribution in [1.29, 1.82) is 0 Å². The van der Waals surface area contributed by atoms with Crippen molar-refractivity contribution in [3.05, 3.63) is 0 Å². The number of primary amides is 1. The largest absolute Gasteiger partial charge is 0.480 e. The fourth-order valence-electron chi connectivity index (χ4n) is 1.77. The predicted octanol–water partition coefficient (Wildman–Crippen LogP) is -3.85. The Balaban J connectivity index is 4.68. The van der Waals surface area contributed by atoms with Crippen LogP contribution in [0.5, 0.6) is 0 Å². The molecule has 9 N–H and O–H groups in total. The summed E-state index contributed by atoms with van der Waals surface area (Å²) in [6, 6.07) is -3.57. The molecule has 0 aliphatic carbocycles. The first-order valence-electron chi connectivity index (χ1n) is 7.77. The molecule has 0 radical (unpaired) electrons. The van der Waals surface area contributed by atoms with Crippen molar-refractivity contribution >= 4 is 29.6 Å². The number of nitrogens with one attached hydrogen (secondary N) is 3. The Bertz CT molecular complexity index is 552. The summed E-state index contributed by atoms with van der Waals surface area (Å²) in [5.74, 6) is -4.30. The van der Waals surface area contributed by atoms with E-state index in [1.807, 2.05) is 5.32 Å². The Hall–Kier alpha value is -2.73. The minimum Gasteiger partial charge on any atom is -0.480 e. The van der Waals surface area contributed by atoms with Crippen molar-refractivity contribution in [2.75, 3.05) is 6.54 Å². The Morgan fingerprint density at radius 1 is 1.00 bits per heavy atom. The van der Waals surface area contributed by atoms with Crippen LogP contribution in [0.15, 0.2) is 0 Å². The van der Waals surface area contributed by atoms with E-state index in [1.165, 1.54) is 13.8 Å².